The molecule has 0 unspecified atom stereocenters. The lowest BCUT2D eigenvalue weighted by molar-refractivity contribution is -0.124. The number of aromatic nitrogens is 2. The highest BCUT2D eigenvalue weighted by Gasteiger charge is 2.27. The van der Waals surface area contributed by atoms with E-state index in [0.29, 0.717) is 19.5 Å². The predicted molar refractivity (Wildman–Crippen MR) is 74.4 cm³/mol. The number of hydrogen-bond acceptors (Lipinski definition) is 5. The lowest BCUT2D eigenvalue weighted by Crippen LogP contribution is -2.32. The van der Waals surface area contributed by atoms with E-state index in [0.717, 1.165) is 23.8 Å². The molecule has 108 valence electrons. The number of nitrogens with one attached hydrogen (secondary N) is 2. The van der Waals surface area contributed by atoms with Gasteiger partial charge in [0.05, 0.1) is 6.54 Å². The van der Waals surface area contributed by atoms with E-state index in [1.807, 2.05) is 19.9 Å². The Morgan fingerprint density at radius 2 is 2.20 bits per heavy atom. The van der Waals surface area contributed by atoms with Gasteiger partial charge in [0.1, 0.15) is 11.6 Å². The summed E-state index contributed by atoms with van der Waals surface area (Å²) in [5.74, 6) is 1.36. The fraction of sp³-hybridized carbons (Fsp3) is 0.538. The highest BCUT2D eigenvalue weighted by Crippen LogP contribution is 2.07. The van der Waals surface area contributed by atoms with Crippen LogP contribution in [0.1, 0.15) is 24.9 Å². The first-order valence-corrected chi connectivity index (χ1v) is 6.76. The highest BCUT2D eigenvalue weighted by atomic mass is 16.2. The minimum atomic E-state index is -0.304. The quantitative estimate of drug-likeness (QED) is 0.590. The topological polar surface area (TPSA) is 87.2 Å². The Bertz CT molecular complexity index is 501. The van der Waals surface area contributed by atoms with Gasteiger partial charge in [0.15, 0.2) is 0 Å². The first-order valence-electron chi connectivity index (χ1n) is 6.76. The maximum absolute atomic E-state index is 11.4. The molecule has 0 aliphatic carbocycles. The normalized spacial score (nSPS) is 14.6. The number of rotatable bonds is 6. The Hall–Kier alpha value is -2.18. The van der Waals surface area contributed by atoms with Crippen LogP contribution in [0, 0.1) is 6.92 Å². The molecule has 0 saturated carbocycles. The third-order valence-corrected chi connectivity index (χ3v) is 3.05. The molecule has 1 saturated heterocycles. The third-order valence-electron chi connectivity index (χ3n) is 3.05. The van der Waals surface area contributed by atoms with Gasteiger partial charge in [0, 0.05) is 24.8 Å². The molecule has 0 atom stereocenters. The van der Waals surface area contributed by atoms with Gasteiger partial charge in [-0.15, -0.1) is 0 Å². The van der Waals surface area contributed by atoms with Crippen LogP contribution in [0.4, 0.5) is 10.6 Å². The highest BCUT2D eigenvalue weighted by molar-refractivity contribution is 6.01. The zero-order chi connectivity index (χ0) is 14.5. The fourth-order valence-electron chi connectivity index (χ4n) is 2.04. The van der Waals surface area contributed by atoms with Gasteiger partial charge in [-0.3, -0.25) is 9.69 Å². The van der Waals surface area contributed by atoms with E-state index in [9.17, 15) is 9.59 Å². The number of aryl methyl sites for hydroxylation is 2. The number of imide groups is 1. The van der Waals surface area contributed by atoms with Crippen LogP contribution in [0.3, 0.4) is 0 Å². The van der Waals surface area contributed by atoms with E-state index in [4.69, 9.17) is 0 Å². The van der Waals surface area contributed by atoms with Crippen LogP contribution in [0.2, 0.25) is 0 Å². The average Bonchev–Trinajstić information content (AvgIpc) is 2.74. The van der Waals surface area contributed by atoms with Gasteiger partial charge in [-0.2, -0.15) is 0 Å². The molecule has 1 aromatic rings. The van der Waals surface area contributed by atoms with Crippen LogP contribution >= 0.6 is 0 Å². The van der Waals surface area contributed by atoms with Crippen LogP contribution in [0.5, 0.6) is 0 Å². The predicted octanol–water partition coefficient (Wildman–Crippen LogP) is 0.701. The van der Waals surface area contributed by atoms with Crippen LogP contribution in [-0.4, -0.2) is 46.4 Å². The molecular weight excluding hydrogens is 258 g/mol. The second-order valence-electron chi connectivity index (χ2n) is 4.63. The molecule has 7 heteroatoms. The van der Waals surface area contributed by atoms with Gasteiger partial charge in [0.2, 0.25) is 5.91 Å². The number of carbonyl (C=O) groups excluding carboxylic acids is 2. The summed E-state index contributed by atoms with van der Waals surface area (Å²) in [5.41, 5.74) is 0.995. The Morgan fingerprint density at radius 3 is 2.85 bits per heavy atom. The molecule has 0 aromatic carbocycles. The summed E-state index contributed by atoms with van der Waals surface area (Å²) >= 11 is 0. The Kier molecular flexibility index (Phi) is 4.49. The lowest BCUT2D eigenvalue weighted by Gasteiger charge is -2.12. The van der Waals surface area contributed by atoms with Gasteiger partial charge >= 0.3 is 6.03 Å². The number of carbonyl (C=O) groups is 2. The van der Waals surface area contributed by atoms with Crippen molar-refractivity contribution < 1.29 is 9.59 Å². The van der Waals surface area contributed by atoms with Crippen molar-refractivity contribution in [3.8, 4) is 0 Å². The molecule has 1 aliphatic rings. The van der Waals surface area contributed by atoms with E-state index in [2.05, 4.69) is 20.6 Å². The number of urea groups is 1. The Morgan fingerprint density at radius 1 is 1.40 bits per heavy atom. The van der Waals surface area contributed by atoms with Gasteiger partial charge in [-0.05, 0) is 19.8 Å². The molecule has 2 N–H and O–H groups in total. The molecule has 3 amide bonds. The SMILES string of the molecule is CCc1cc(NCCCN2C(=O)CNC2=O)nc(C)n1. The molecule has 0 bridgehead atoms. The number of anilines is 1. The average molecular weight is 277 g/mol. The third kappa shape index (κ3) is 3.43. The van der Waals surface area contributed by atoms with Crippen molar-refractivity contribution in [2.75, 3.05) is 25.0 Å². The molecule has 1 fully saturated rings. The fourth-order valence-corrected chi connectivity index (χ4v) is 2.04. The minimum Gasteiger partial charge on any atom is -0.370 e. The summed E-state index contributed by atoms with van der Waals surface area (Å²) in [5, 5.41) is 5.69. The standard InChI is InChI=1S/C13H19N5O2/c1-3-10-7-11(17-9(2)16-10)14-5-4-6-18-12(19)8-15-13(18)20/h7H,3-6,8H2,1-2H3,(H,15,20)(H,14,16,17). The first kappa shape index (κ1) is 14.2. The van der Waals surface area contributed by atoms with Crippen LogP contribution < -0.4 is 10.6 Å². The first-order chi connectivity index (χ1) is 9.60. The number of nitrogens with zero attached hydrogens (tertiary/aromatic N) is 3. The van der Waals surface area contributed by atoms with E-state index < -0.39 is 0 Å². The second-order valence-corrected chi connectivity index (χ2v) is 4.63. The van der Waals surface area contributed by atoms with E-state index in [1.165, 1.54) is 4.90 Å². The van der Waals surface area contributed by atoms with E-state index in [-0.39, 0.29) is 18.5 Å². The number of hydrogen-bond donors (Lipinski definition) is 2. The zero-order valence-corrected chi connectivity index (χ0v) is 11.8. The molecule has 1 aliphatic heterocycles. The smallest absolute Gasteiger partial charge is 0.324 e. The molecule has 2 rings (SSSR count). The van der Waals surface area contributed by atoms with Crippen molar-refractivity contribution in [2.45, 2.75) is 26.7 Å². The summed E-state index contributed by atoms with van der Waals surface area (Å²) in [6, 6.07) is 1.61. The largest absolute Gasteiger partial charge is 0.370 e. The van der Waals surface area contributed by atoms with Crippen molar-refractivity contribution in [3.05, 3.63) is 17.6 Å². The van der Waals surface area contributed by atoms with E-state index in [1.54, 1.807) is 0 Å². The van der Waals surface area contributed by atoms with E-state index >= 15 is 0 Å². The summed E-state index contributed by atoms with van der Waals surface area (Å²) in [7, 11) is 0. The summed E-state index contributed by atoms with van der Waals surface area (Å²) in [6.07, 6.45) is 1.55. The van der Waals surface area contributed by atoms with Crippen molar-refractivity contribution in [3.63, 3.8) is 0 Å². The summed E-state index contributed by atoms with van der Waals surface area (Å²) in [6.45, 7) is 5.08. The molecular formula is C13H19N5O2. The van der Waals surface area contributed by atoms with Gasteiger partial charge in [-0.25, -0.2) is 14.8 Å². The monoisotopic (exact) mass is 277 g/mol. The molecule has 1 aromatic heterocycles. The van der Waals surface area contributed by atoms with Gasteiger partial charge < -0.3 is 10.6 Å². The maximum Gasteiger partial charge on any atom is 0.324 e. The minimum absolute atomic E-state index is 0.108. The van der Waals surface area contributed by atoms with Crippen molar-refractivity contribution in [1.82, 2.24) is 20.2 Å². The maximum atomic E-state index is 11.4. The molecule has 7 nitrogen and oxygen atoms in total. The van der Waals surface area contributed by atoms with Crippen molar-refractivity contribution in [2.24, 2.45) is 0 Å². The van der Waals surface area contributed by atoms with Crippen LogP contribution in [0.15, 0.2) is 6.07 Å². The molecule has 20 heavy (non-hydrogen) atoms. The second kappa shape index (κ2) is 6.31. The Labute approximate surface area is 117 Å². The van der Waals surface area contributed by atoms with Gasteiger partial charge in [-0.1, -0.05) is 6.92 Å². The van der Waals surface area contributed by atoms with Gasteiger partial charge in [0.25, 0.3) is 0 Å². The lowest BCUT2D eigenvalue weighted by atomic mass is 10.3. The van der Waals surface area contributed by atoms with Crippen LogP contribution in [0.25, 0.3) is 0 Å². The molecule has 0 radical (unpaired) electrons. The van der Waals surface area contributed by atoms with Crippen molar-refractivity contribution in [1.29, 1.82) is 0 Å². The number of amides is 3. The molecule has 0 spiro atoms. The summed E-state index contributed by atoms with van der Waals surface area (Å²) in [4.78, 5) is 32.6. The summed E-state index contributed by atoms with van der Waals surface area (Å²) < 4.78 is 0. The molecule has 2 heterocycles. The zero-order valence-electron chi connectivity index (χ0n) is 11.8. The van der Waals surface area contributed by atoms with Crippen LogP contribution in [-0.2, 0) is 11.2 Å². The van der Waals surface area contributed by atoms with Crippen molar-refractivity contribution >= 4 is 17.8 Å². The Balaban J connectivity index is 1.80.